The largest absolute Gasteiger partial charge is 0.398 e. The maximum atomic E-state index is 11.2. The van der Waals surface area contributed by atoms with Crippen molar-refractivity contribution in [2.24, 2.45) is 0 Å². The number of hydrogen-bond acceptors (Lipinski definition) is 4. The fourth-order valence-corrected chi connectivity index (χ4v) is 2.79. The number of aldehydes is 1. The molecule has 0 radical (unpaired) electrons. The van der Waals surface area contributed by atoms with E-state index >= 15 is 0 Å². The third kappa shape index (κ3) is 2.54. The lowest BCUT2D eigenvalue weighted by Crippen LogP contribution is -2.17. The van der Waals surface area contributed by atoms with Crippen LogP contribution < -0.4 is 5.73 Å². The first-order valence-corrected chi connectivity index (χ1v) is 6.70. The number of carbonyl (C=O) groups is 1. The number of likely N-dealkylation sites (N-methyl/N-ethyl adjacent to an activating group) is 1. The summed E-state index contributed by atoms with van der Waals surface area (Å²) in [6.07, 6.45) is 3.43. The van der Waals surface area contributed by atoms with Gasteiger partial charge in [0.1, 0.15) is 6.29 Å². The summed E-state index contributed by atoms with van der Waals surface area (Å²) in [6.45, 7) is 2.82. The average molecular weight is 259 g/mol. The van der Waals surface area contributed by atoms with Gasteiger partial charge in [-0.3, -0.25) is 4.90 Å². The summed E-state index contributed by atoms with van der Waals surface area (Å²) >= 11 is 0. The first-order valence-electron chi connectivity index (χ1n) is 6.70. The Hall–Kier alpha value is -1.68. The Balaban J connectivity index is 2.37. The fourth-order valence-electron chi connectivity index (χ4n) is 2.79. The van der Waals surface area contributed by atoms with Crippen LogP contribution in [0.1, 0.15) is 42.5 Å². The highest BCUT2D eigenvalue weighted by molar-refractivity contribution is 5.84. The Bertz CT molecular complexity index is 510. The van der Waals surface area contributed by atoms with E-state index in [-0.39, 0.29) is 6.04 Å². The monoisotopic (exact) mass is 259 g/mol. The van der Waals surface area contributed by atoms with Crippen molar-refractivity contribution in [1.29, 1.82) is 5.41 Å². The minimum absolute atomic E-state index is 0.240. The van der Waals surface area contributed by atoms with Gasteiger partial charge in [0, 0.05) is 29.9 Å². The summed E-state index contributed by atoms with van der Waals surface area (Å²) in [5.74, 6) is 0. The van der Waals surface area contributed by atoms with Crippen LogP contribution in [0.25, 0.3) is 0 Å². The van der Waals surface area contributed by atoms with Gasteiger partial charge < -0.3 is 15.9 Å². The fraction of sp³-hybridized carbons (Fsp3) is 0.467. The number of anilines is 1. The van der Waals surface area contributed by atoms with Crippen LogP contribution in [0.15, 0.2) is 12.1 Å². The average Bonchev–Trinajstić information content (AvgIpc) is 2.70. The second-order valence-electron chi connectivity index (χ2n) is 5.23. The SMILES string of the molecule is CCCC(=N)Cc1ccc(N)c2c1CN(C)C2C=O. The molecule has 2 rings (SSSR count). The third-order valence-electron chi connectivity index (χ3n) is 3.75. The Morgan fingerprint density at radius 2 is 2.32 bits per heavy atom. The molecule has 0 spiro atoms. The summed E-state index contributed by atoms with van der Waals surface area (Å²) in [6, 6.07) is 3.62. The molecule has 1 atom stereocenters. The lowest BCUT2D eigenvalue weighted by Gasteiger charge is -2.14. The zero-order valence-electron chi connectivity index (χ0n) is 11.6. The predicted octanol–water partition coefficient (Wildman–Crippen LogP) is 2.32. The Labute approximate surface area is 114 Å². The van der Waals surface area contributed by atoms with E-state index in [1.54, 1.807) is 0 Å². The maximum Gasteiger partial charge on any atom is 0.141 e. The number of nitrogens with two attached hydrogens (primary N) is 1. The van der Waals surface area contributed by atoms with Gasteiger partial charge in [-0.1, -0.05) is 19.4 Å². The highest BCUT2D eigenvalue weighted by atomic mass is 16.1. The Morgan fingerprint density at radius 1 is 1.58 bits per heavy atom. The molecule has 0 aliphatic carbocycles. The van der Waals surface area contributed by atoms with Crippen molar-refractivity contribution in [1.82, 2.24) is 4.90 Å². The van der Waals surface area contributed by atoms with Gasteiger partial charge in [0.25, 0.3) is 0 Å². The molecule has 0 bridgehead atoms. The molecule has 102 valence electrons. The smallest absolute Gasteiger partial charge is 0.141 e. The summed E-state index contributed by atoms with van der Waals surface area (Å²) in [4.78, 5) is 13.2. The number of rotatable bonds is 5. The lowest BCUT2D eigenvalue weighted by atomic mass is 9.94. The topological polar surface area (TPSA) is 70.2 Å². The van der Waals surface area contributed by atoms with E-state index in [9.17, 15) is 4.79 Å². The standard InChI is InChI=1S/C15H21N3O/c1-3-4-11(16)7-10-5-6-13(17)15-12(10)8-18(2)14(15)9-19/h5-6,9,14,16H,3-4,7-8,17H2,1-2H3. The van der Waals surface area contributed by atoms with Gasteiger partial charge in [0.15, 0.2) is 0 Å². The van der Waals surface area contributed by atoms with Crippen molar-refractivity contribution < 1.29 is 4.79 Å². The van der Waals surface area contributed by atoms with E-state index in [1.807, 2.05) is 24.1 Å². The molecule has 0 saturated carbocycles. The molecule has 1 aromatic carbocycles. The number of nitrogens with one attached hydrogen (secondary N) is 1. The minimum Gasteiger partial charge on any atom is -0.398 e. The number of nitrogens with zero attached hydrogens (tertiary/aromatic N) is 1. The van der Waals surface area contributed by atoms with Gasteiger partial charge in [-0.15, -0.1) is 0 Å². The molecule has 1 aliphatic heterocycles. The van der Waals surface area contributed by atoms with Crippen LogP contribution in [0, 0.1) is 5.41 Å². The quantitative estimate of drug-likeness (QED) is 0.484. The minimum atomic E-state index is -0.240. The highest BCUT2D eigenvalue weighted by Gasteiger charge is 2.30. The van der Waals surface area contributed by atoms with Crippen LogP contribution in [0.4, 0.5) is 5.69 Å². The number of benzene rings is 1. The van der Waals surface area contributed by atoms with Gasteiger partial charge in [0.2, 0.25) is 0 Å². The normalized spacial score (nSPS) is 18.3. The molecule has 0 amide bonds. The van der Waals surface area contributed by atoms with E-state index in [0.29, 0.717) is 12.1 Å². The van der Waals surface area contributed by atoms with E-state index in [1.165, 1.54) is 0 Å². The second-order valence-corrected chi connectivity index (χ2v) is 5.23. The molecule has 3 N–H and O–H groups in total. The van der Waals surface area contributed by atoms with Gasteiger partial charge in [-0.25, -0.2) is 0 Å². The van der Waals surface area contributed by atoms with E-state index in [0.717, 1.165) is 48.1 Å². The summed E-state index contributed by atoms with van der Waals surface area (Å²) in [7, 11) is 1.93. The van der Waals surface area contributed by atoms with Crippen LogP contribution in [-0.2, 0) is 17.8 Å². The molecule has 1 aliphatic rings. The molecule has 1 heterocycles. The van der Waals surface area contributed by atoms with Crippen LogP contribution in [0.5, 0.6) is 0 Å². The van der Waals surface area contributed by atoms with E-state index < -0.39 is 0 Å². The Morgan fingerprint density at radius 3 is 2.95 bits per heavy atom. The van der Waals surface area contributed by atoms with E-state index in [4.69, 9.17) is 11.1 Å². The van der Waals surface area contributed by atoms with Gasteiger partial charge in [-0.05, 0) is 30.7 Å². The Kier molecular flexibility index (Phi) is 4.00. The van der Waals surface area contributed by atoms with Crippen molar-refractivity contribution in [2.45, 2.75) is 38.8 Å². The van der Waals surface area contributed by atoms with Gasteiger partial charge >= 0.3 is 0 Å². The van der Waals surface area contributed by atoms with Crippen LogP contribution in [0.3, 0.4) is 0 Å². The molecule has 4 nitrogen and oxygen atoms in total. The van der Waals surface area contributed by atoms with Crippen molar-refractivity contribution >= 4 is 17.7 Å². The third-order valence-corrected chi connectivity index (χ3v) is 3.75. The first kappa shape index (κ1) is 13.7. The number of carbonyl (C=O) groups excluding carboxylic acids is 1. The van der Waals surface area contributed by atoms with Crippen LogP contribution >= 0.6 is 0 Å². The first-order chi connectivity index (χ1) is 9.08. The van der Waals surface area contributed by atoms with Crippen molar-refractivity contribution in [3.8, 4) is 0 Å². The van der Waals surface area contributed by atoms with Crippen molar-refractivity contribution in [2.75, 3.05) is 12.8 Å². The molecule has 0 aromatic heterocycles. The van der Waals surface area contributed by atoms with Crippen molar-refractivity contribution in [3.63, 3.8) is 0 Å². The zero-order valence-corrected chi connectivity index (χ0v) is 11.6. The molecule has 0 fully saturated rings. The zero-order chi connectivity index (χ0) is 14.0. The lowest BCUT2D eigenvalue weighted by molar-refractivity contribution is -0.111. The molecular weight excluding hydrogens is 238 g/mol. The highest BCUT2D eigenvalue weighted by Crippen LogP contribution is 2.37. The number of fused-ring (bicyclic) bond motifs is 1. The molecule has 1 aromatic rings. The maximum absolute atomic E-state index is 11.2. The summed E-state index contributed by atoms with van der Waals surface area (Å²) in [5.41, 5.74) is 10.7. The number of hydrogen-bond donors (Lipinski definition) is 2. The summed E-state index contributed by atoms with van der Waals surface area (Å²) in [5, 5.41) is 7.97. The predicted molar refractivity (Wildman–Crippen MR) is 77.5 cm³/mol. The molecule has 19 heavy (non-hydrogen) atoms. The molecule has 4 heteroatoms. The van der Waals surface area contributed by atoms with Crippen molar-refractivity contribution in [3.05, 3.63) is 28.8 Å². The molecule has 1 unspecified atom stereocenters. The molecule has 0 saturated heterocycles. The van der Waals surface area contributed by atoms with Gasteiger partial charge in [-0.2, -0.15) is 0 Å². The molecular formula is C15H21N3O. The summed E-state index contributed by atoms with van der Waals surface area (Å²) < 4.78 is 0. The van der Waals surface area contributed by atoms with Crippen LogP contribution in [0.2, 0.25) is 0 Å². The van der Waals surface area contributed by atoms with Crippen LogP contribution in [-0.4, -0.2) is 23.9 Å². The number of nitrogen functional groups attached to an aromatic ring is 1. The van der Waals surface area contributed by atoms with E-state index in [2.05, 4.69) is 6.92 Å². The van der Waals surface area contributed by atoms with Gasteiger partial charge in [0.05, 0.1) is 6.04 Å². The second kappa shape index (κ2) is 5.53.